The summed E-state index contributed by atoms with van der Waals surface area (Å²) in [6, 6.07) is 14.3. The first-order valence-electron chi connectivity index (χ1n) is 15.7. The van der Waals surface area contributed by atoms with Crippen LogP contribution in [0.1, 0.15) is 100 Å². The van der Waals surface area contributed by atoms with Crippen LogP contribution in [0.4, 0.5) is 4.79 Å². The normalized spacial score (nSPS) is 10.4. The zero-order valence-corrected chi connectivity index (χ0v) is 32.3. The number of hydrogen-bond donors (Lipinski definition) is 7. The summed E-state index contributed by atoms with van der Waals surface area (Å²) < 4.78 is 9.79. The molecule has 58 heavy (non-hydrogen) atoms. The lowest BCUT2D eigenvalue weighted by Crippen LogP contribution is -2.49. The molecule has 0 saturated heterocycles. The number of phenols is 2. The summed E-state index contributed by atoms with van der Waals surface area (Å²) in [5.41, 5.74) is 0.683. The molecule has 320 valence electrons. The highest BCUT2D eigenvalue weighted by Gasteiger charge is 2.27. The summed E-state index contributed by atoms with van der Waals surface area (Å²) in [7, 11) is 1.14. The number of phenolic OH excluding ortho intramolecular Hbond substituents is 2. The van der Waals surface area contributed by atoms with Gasteiger partial charge < -0.3 is 46.1 Å². The van der Waals surface area contributed by atoms with Crippen molar-refractivity contribution in [2.24, 2.45) is 0 Å². The van der Waals surface area contributed by atoms with Crippen LogP contribution in [0.5, 0.6) is 11.5 Å². The van der Waals surface area contributed by atoms with Gasteiger partial charge in [-0.15, -0.1) is 22.7 Å². The highest BCUT2D eigenvalue weighted by molar-refractivity contribution is 7.17. The number of esters is 1. The maximum Gasteiger partial charge on any atom is 0.407 e. The predicted octanol–water partition coefficient (Wildman–Crippen LogP) is 8.11. The van der Waals surface area contributed by atoms with Crippen LogP contribution >= 0.6 is 45.9 Å². The van der Waals surface area contributed by atoms with E-state index in [-0.39, 0.29) is 90.4 Å². The fourth-order valence-electron chi connectivity index (χ4n) is 4.19. The molecule has 2 heterocycles. The molecule has 15 nitrogen and oxygen atoms in total. The van der Waals surface area contributed by atoms with E-state index in [1.807, 2.05) is 0 Å². The number of aromatic hydroxyl groups is 2. The number of nitrogens with one attached hydrogen (secondary N) is 4. The maximum absolute atomic E-state index is 12.7. The van der Waals surface area contributed by atoms with Crippen LogP contribution in [-0.2, 0) is 27.4 Å². The third-order valence-electron chi connectivity index (χ3n) is 6.59. The van der Waals surface area contributed by atoms with Crippen LogP contribution in [-0.4, -0.2) is 76.4 Å². The summed E-state index contributed by atoms with van der Waals surface area (Å²) in [4.78, 5) is 72.2. The number of benzene rings is 2. The number of methoxy groups -OCH3 is 1. The molecule has 0 aliphatic carbocycles. The Kier molecular flexibility index (Phi) is 23.7. The maximum atomic E-state index is 12.7. The molecule has 7 N–H and O–H groups in total. The van der Waals surface area contributed by atoms with Crippen molar-refractivity contribution in [2.75, 3.05) is 13.7 Å². The Labute approximate surface area is 356 Å². The van der Waals surface area contributed by atoms with Gasteiger partial charge in [-0.2, -0.15) is 0 Å². The van der Waals surface area contributed by atoms with Crippen molar-refractivity contribution in [3.63, 3.8) is 0 Å². The summed E-state index contributed by atoms with van der Waals surface area (Å²) in [5, 5.41) is 37.9. The van der Waals surface area contributed by atoms with Gasteiger partial charge in [-0.1, -0.05) is 77.2 Å². The van der Waals surface area contributed by atoms with Crippen molar-refractivity contribution in [1.82, 2.24) is 21.3 Å². The van der Waals surface area contributed by atoms with Crippen LogP contribution in [0.15, 0.2) is 60.7 Å². The summed E-state index contributed by atoms with van der Waals surface area (Å²) in [6.45, 7) is 5.15. The Morgan fingerprint density at radius 3 is 1.55 bits per heavy atom. The number of rotatable bonds is 12. The fourth-order valence-corrected chi connectivity index (χ4v) is 6.61. The number of carbonyl (C=O) groups is 6. The minimum absolute atomic E-state index is 0. The van der Waals surface area contributed by atoms with E-state index in [1.54, 1.807) is 45.0 Å². The van der Waals surface area contributed by atoms with Gasteiger partial charge in [0.05, 0.1) is 33.5 Å². The predicted molar refractivity (Wildman–Crippen MR) is 229 cm³/mol. The zero-order chi connectivity index (χ0) is 40.2. The van der Waals surface area contributed by atoms with Crippen molar-refractivity contribution < 1.29 is 53.6 Å². The number of halogens is 2. The molecular weight excluding hydrogens is 835 g/mol. The SMILES string of the molecule is C.C.C.C.COC(=O)[C@H](CNC(=O)OC(C)(C)C)NC(=O)c1sc(C(=O)NCc2cccc(O)c2)cc1Cl.O=C(NCc1cccc(O)c1)c1cc(Cl)c(C(=O)O)s1. The molecule has 0 radical (unpaired) electrons. The first-order valence-corrected chi connectivity index (χ1v) is 18.1. The third kappa shape index (κ3) is 17.4. The number of amides is 4. The fraction of sp³-hybridized carbons (Fsp3) is 0.333. The first-order chi connectivity index (χ1) is 25.4. The van der Waals surface area contributed by atoms with Gasteiger partial charge >= 0.3 is 18.0 Å². The van der Waals surface area contributed by atoms with Crippen LogP contribution < -0.4 is 21.3 Å². The highest BCUT2D eigenvalue weighted by atomic mass is 35.5. The molecule has 4 amide bonds. The van der Waals surface area contributed by atoms with Gasteiger partial charge in [-0.05, 0) is 68.3 Å². The number of carboxylic acids is 1. The lowest BCUT2D eigenvalue weighted by molar-refractivity contribution is -0.142. The average Bonchev–Trinajstić information content (AvgIpc) is 3.70. The van der Waals surface area contributed by atoms with Crippen LogP contribution in [0.25, 0.3) is 0 Å². The van der Waals surface area contributed by atoms with Gasteiger partial charge in [0, 0.05) is 13.1 Å². The van der Waals surface area contributed by atoms with E-state index >= 15 is 0 Å². The van der Waals surface area contributed by atoms with Crippen LogP contribution in [0.3, 0.4) is 0 Å². The van der Waals surface area contributed by atoms with E-state index in [4.69, 9.17) is 33.0 Å². The Bertz CT molecular complexity index is 2010. The van der Waals surface area contributed by atoms with E-state index < -0.39 is 47.4 Å². The minimum atomic E-state index is -1.22. The smallest absolute Gasteiger partial charge is 0.407 e. The number of hydrogen-bond acceptors (Lipinski definition) is 12. The molecule has 2 aromatic carbocycles. The Hall–Kier alpha value is -5.36. The molecule has 0 aliphatic rings. The summed E-state index contributed by atoms with van der Waals surface area (Å²) in [5.74, 6) is -3.36. The molecule has 0 aliphatic heterocycles. The average molecular weight is 888 g/mol. The molecule has 0 unspecified atom stereocenters. The molecule has 4 aromatic rings. The zero-order valence-electron chi connectivity index (χ0n) is 29.2. The molecule has 0 saturated carbocycles. The quantitative estimate of drug-likeness (QED) is 0.0672. The van der Waals surface area contributed by atoms with Gasteiger partial charge in [0.15, 0.2) is 0 Å². The standard InChI is InChI=1S/C22H26ClN3O7S.C13H10ClNO4S.4CH4/c1-22(2,3)33-21(31)25-11-15(20(30)32-4)26-19(29)17-14(23)9-16(34-17)18(28)24-10-12-6-5-7-13(27)8-12;14-9-5-10(20-11(9)13(18)19)12(17)15-6-7-2-1-3-8(16)4-7;;;;/h5-9,15,27H,10-11H2,1-4H3,(H,24,28)(H,25,31)(H,26,29);1-5,16H,6H2,(H,15,17)(H,18,19);4*1H4/t15-;;;;;/m0...../s1. The molecule has 0 bridgehead atoms. The lowest BCUT2D eigenvalue weighted by atomic mass is 10.2. The monoisotopic (exact) mass is 886 g/mol. The second kappa shape index (κ2) is 25.1. The highest BCUT2D eigenvalue weighted by Crippen LogP contribution is 2.28. The van der Waals surface area contributed by atoms with Crippen LogP contribution in [0.2, 0.25) is 10.0 Å². The summed E-state index contributed by atoms with van der Waals surface area (Å²) >= 11 is 13.5. The molecule has 2 aromatic heterocycles. The van der Waals surface area contributed by atoms with E-state index in [9.17, 15) is 39.0 Å². The van der Waals surface area contributed by atoms with Crippen molar-refractivity contribution in [3.8, 4) is 11.5 Å². The largest absolute Gasteiger partial charge is 0.508 e. The molecule has 1 atom stereocenters. The summed E-state index contributed by atoms with van der Waals surface area (Å²) in [6.07, 6.45) is -0.768. The third-order valence-corrected chi connectivity index (χ3v) is 9.66. The van der Waals surface area contributed by atoms with Crippen molar-refractivity contribution in [3.05, 3.63) is 101 Å². The molecule has 0 fully saturated rings. The Morgan fingerprint density at radius 2 is 1.16 bits per heavy atom. The number of ether oxygens (including phenoxy) is 2. The lowest BCUT2D eigenvalue weighted by Gasteiger charge is -2.21. The van der Waals surface area contributed by atoms with Gasteiger partial charge in [-0.3, -0.25) is 14.4 Å². The molecule has 19 heteroatoms. The number of carboxylic acid groups (broad SMARTS) is 1. The second-order valence-electron chi connectivity index (χ2n) is 12.0. The Morgan fingerprint density at radius 1 is 0.707 bits per heavy atom. The molecular formula is C39H52Cl2N4O11S2. The number of aromatic carboxylic acids is 1. The van der Waals surface area contributed by atoms with Gasteiger partial charge in [0.25, 0.3) is 17.7 Å². The van der Waals surface area contributed by atoms with Gasteiger partial charge in [-0.25, -0.2) is 14.4 Å². The first kappa shape index (κ1) is 54.7. The van der Waals surface area contributed by atoms with Crippen molar-refractivity contribution in [1.29, 1.82) is 0 Å². The molecule has 4 rings (SSSR count). The van der Waals surface area contributed by atoms with Gasteiger partial charge in [0.1, 0.15) is 32.9 Å². The van der Waals surface area contributed by atoms with E-state index in [0.717, 1.165) is 35.3 Å². The van der Waals surface area contributed by atoms with Crippen LogP contribution in [0, 0.1) is 0 Å². The second-order valence-corrected chi connectivity index (χ2v) is 14.9. The number of thiophene rings is 2. The van der Waals surface area contributed by atoms with E-state index in [0.29, 0.717) is 5.56 Å². The van der Waals surface area contributed by atoms with Crippen molar-refractivity contribution in [2.45, 2.75) is 75.2 Å². The Balaban J connectivity index is 0. The molecule has 0 spiro atoms. The van der Waals surface area contributed by atoms with E-state index in [1.165, 1.54) is 36.4 Å². The number of alkyl carbamates (subject to hydrolysis) is 1. The van der Waals surface area contributed by atoms with Gasteiger partial charge in [0.2, 0.25) is 0 Å². The topological polar surface area (TPSA) is 230 Å². The minimum Gasteiger partial charge on any atom is -0.508 e. The van der Waals surface area contributed by atoms with Crippen molar-refractivity contribution >= 4 is 81.6 Å². The number of carbonyl (C=O) groups excluding carboxylic acids is 5. The van der Waals surface area contributed by atoms with E-state index in [2.05, 4.69) is 26.0 Å².